The Kier molecular flexibility index (Phi) is 7.69. The second kappa shape index (κ2) is 8.81. The molecule has 0 aromatic rings. The van der Waals surface area contributed by atoms with Crippen molar-refractivity contribution in [3.63, 3.8) is 0 Å². The van der Waals surface area contributed by atoms with Gasteiger partial charge >= 0.3 is 5.97 Å². The summed E-state index contributed by atoms with van der Waals surface area (Å²) >= 11 is 0. The lowest BCUT2D eigenvalue weighted by Gasteiger charge is -2.11. The predicted octanol–water partition coefficient (Wildman–Crippen LogP) is 2.15. The van der Waals surface area contributed by atoms with E-state index in [4.69, 9.17) is 9.47 Å². The number of esters is 1. The van der Waals surface area contributed by atoms with Gasteiger partial charge in [0.1, 0.15) is 18.1 Å². The summed E-state index contributed by atoms with van der Waals surface area (Å²) in [5.74, 6) is 2.66. The number of rotatable bonds is 8. The minimum Gasteiger partial charge on any atom is -0.460 e. The van der Waals surface area contributed by atoms with Crippen LogP contribution in [0.15, 0.2) is 0 Å². The first-order chi connectivity index (χ1) is 8.26. The zero-order chi connectivity index (χ0) is 12.5. The van der Waals surface area contributed by atoms with Crippen LogP contribution in [0.4, 0.5) is 0 Å². The van der Waals surface area contributed by atoms with E-state index in [2.05, 4.69) is 13.8 Å². The van der Waals surface area contributed by atoms with Crippen molar-refractivity contribution in [2.75, 3.05) is 30.5 Å². The van der Waals surface area contributed by atoms with Crippen LogP contribution >= 0.6 is 0 Å². The summed E-state index contributed by atoms with van der Waals surface area (Å²) in [5.41, 5.74) is 0. The second-order valence-electron chi connectivity index (χ2n) is 4.33. The molecule has 0 unspecified atom stereocenters. The number of hydrogen-bond donors (Lipinski definition) is 0. The average Bonchev–Trinajstić information content (AvgIpc) is 2.84. The van der Waals surface area contributed by atoms with Crippen molar-refractivity contribution < 1.29 is 14.3 Å². The third kappa shape index (κ3) is 6.32. The maximum Gasteiger partial charge on any atom is 0.356 e. The van der Waals surface area contributed by atoms with E-state index in [-0.39, 0.29) is 16.9 Å². The van der Waals surface area contributed by atoms with Gasteiger partial charge in [0.05, 0.1) is 12.7 Å². The molecule has 1 aliphatic carbocycles. The highest BCUT2D eigenvalue weighted by Crippen LogP contribution is 2.20. The molecule has 17 heavy (non-hydrogen) atoms. The predicted molar refractivity (Wildman–Crippen MR) is 72.5 cm³/mol. The minimum atomic E-state index is -0.0629. The van der Waals surface area contributed by atoms with Crippen molar-refractivity contribution in [3.05, 3.63) is 0 Å². The van der Waals surface area contributed by atoms with Crippen molar-refractivity contribution >= 4 is 16.9 Å². The van der Waals surface area contributed by atoms with E-state index in [9.17, 15) is 4.79 Å². The maximum atomic E-state index is 11.5. The molecule has 0 spiro atoms. The Bertz CT molecular complexity index is 211. The quantitative estimate of drug-likeness (QED) is 0.381. The van der Waals surface area contributed by atoms with Gasteiger partial charge in [0.2, 0.25) is 5.75 Å². The molecule has 0 atom stereocenters. The topological polar surface area (TPSA) is 35.5 Å². The molecule has 4 heteroatoms. The molecule has 1 aliphatic rings. The third-order valence-corrected chi connectivity index (χ3v) is 5.42. The molecule has 0 heterocycles. The van der Waals surface area contributed by atoms with Gasteiger partial charge in [-0.3, -0.25) is 0 Å². The Balaban J connectivity index is 1.99. The van der Waals surface area contributed by atoms with Gasteiger partial charge in [0.15, 0.2) is 0 Å². The van der Waals surface area contributed by atoms with Gasteiger partial charge < -0.3 is 9.47 Å². The van der Waals surface area contributed by atoms with Gasteiger partial charge in [-0.15, -0.1) is 0 Å². The lowest BCUT2D eigenvalue weighted by Crippen LogP contribution is -2.24. The average molecular weight is 261 g/mol. The fourth-order valence-electron chi connectivity index (χ4n) is 2.04. The van der Waals surface area contributed by atoms with Crippen molar-refractivity contribution in [1.82, 2.24) is 0 Å². The summed E-state index contributed by atoms with van der Waals surface area (Å²) in [7, 11) is 0.209. The van der Waals surface area contributed by atoms with E-state index in [0.717, 1.165) is 11.5 Å². The summed E-state index contributed by atoms with van der Waals surface area (Å²) in [6.45, 7) is 5.23. The maximum absolute atomic E-state index is 11.5. The van der Waals surface area contributed by atoms with Gasteiger partial charge in [0, 0.05) is 0 Å². The molecule has 0 radical (unpaired) electrons. The molecule has 100 valence electrons. The molecule has 0 aromatic heterocycles. The van der Waals surface area contributed by atoms with E-state index in [1.165, 1.54) is 25.7 Å². The van der Waals surface area contributed by atoms with Crippen LogP contribution in [0.2, 0.25) is 0 Å². The van der Waals surface area contributed by atoms with Crippen LogP contribution < -0.4 is 0 Å². The lowest BCUT2D eigenvalue weighted by molar-refractivity contribution is -0.142. The fourth-order valence-corrected chi connectivity index (χ4v) is 3.28. The van der Waals surface area contributed by atoms with Gasteiger partial charge in [-0.05, 0) is 37.6 Å². The van der Waals surface area contributed by atoms with E-state index in [1.807, 2.05) is 0 Å². The molecule has 1 rings (SSSR count). The highest BCUT2D eigenvalue weighted by atomic mass is 32.2. The summed E-state index contributed by atoms with van der Waals surface area (Å²) in [6, 6.07) is 0. The smallest absolute Gasteiger partial charge is 0.356 e. The second-order valence-corrected chi connectivity index (χ2v) is 7.00. The lowest BCUT2D eigenvalue weighted by atomic mass is 10.3. The van der Waals surface area contributed by atoms with Crippen LogP contribution in [-0.4, -0.2) is 42.5 Å². The van der Waals surface area contributed by atoms with Crippen molar-refractivity contribution in [2.24, 2.45) is 0 Å². The van der Waals surface area contributed by atoms with Crippen LogP contribution in [0.25, 0.3) is 0 Å². The van der Waals surface area contributed by atoms with Crippen molar-refractivity contribution in [1.29, 1.82) is 0 Å². The molecule has 3 nitrogen and oxygen atoms in total. The Morgan fingerprint density at radius 1 is 1.18 bits per heavy atom. The molecule has 0 aliphatic heterocycles. The van der Waals surface area contributed by atoms with Crippen LogP contribution in [0.1, 0.15) is 39.5 Å². The minimum absolute atomic E-state index is 0.0629. The molecule has 0 amide bonds. The first-order valence-electron chi connectivity index (χ1n) is 6.67. The zero-order valence-corrected chi connectivity index (χ0v) is 11.9. The fraction of sp³-hybridized carbons (Fsp3) is 0.923. The third-order valence-electron chi connectivity index (χ3n) is 3.14. The summed E-state index contributed by atoms with van der Waals surface area (Å²) < 4.78 is 10.8. The Labute approximate surface area is 108 Å². The van der Waals surface area contributed by atoms with E-state index in [0.29, 0.717) is 25.1 Å². The normalized spacial score (nSPS) is 16.6. The zero-order valence-electron chi connectivity index (χ0n) is 11.1. The molecular formula is C13H25O3S+. The largest absolute Gasteiger partial charge is 0.460 e. The standard InChI is InChI=1S/C13H25O3S/c1-3-17(4-2)11-13(14)16-10-9-15-12-7-5-6-8-12/h12H,3-11H2,1-2H3/q+1. The SMILES string of the molecule is CC[S+](CC)CC(=O)OCCOC1CCCC1. The summed E-state index contributed by atoms with van der Waals surface area (Å²) in [4.78, 5) is 11.5. The Morgan fingerprint density at radius 2 is 1.82 bits per heavy atom. The first kappa shape index (κ1) is 14.8. The molecule has 1 saturated carbocycles. The summed E-state index contributed by atoms with van der Waals surface area (Å²) in [6.07, 6.45) is 5.31. The van der Waals surface area contributed by atoms with Crippen LogP contribution in [0.3, 0.4) is 0 Å². The van der Waals surface area contributed by atoms with Crippen LogP contribution in [0, 0.1) is 0 Å². The van der Waals surface area contributed by atoms with Crippen LogP contribution in [-0.2, 0) is 25.2 Å². The molecule has 0 saturated heterocycles. The van der Waals surface area contributed by atoms with Gasteiger partial charge in [-0.1, -0.05) is 12.8 Å². The molecule has 0 bridgehead atoms. The summed E-state index contributed by atoms with van der Waals surface area (Å²) in [5, 5.41) is 0. The highest BCUT2D eigenvalue weighted by molar-refractivity contribution is 7.97. The van der Waals surface area contributed by atoms with E-state index >= 15 is 0 Å². The molecular weight excluding hydrogens is 236 g/mol. The Morgan fingerprint density at radius 3 is 2.41 bits per heavy atom. The molecule has 0 N–H and O–H groups in total. The number of hydrogen-bond acceptors (Lipinski definition) is 3. The molecule has 1 fully saturated rings. The monoisotopic (exact) mass is 261 g/mol. The van der Waals surface area contributed by atoms with Gasteiger partial charge in [0.25, 0.3) is 0 Å². The number of carbonyl (C=O) groups is 1. The van der Waals surface area contributed by atoms with Gasteiger partial charge in [-0.25, -0.2) is 4.79 Å². The molecule has 0 aromatic carbocycles. The highest BCUT2D eigenvalue weighted by Gasteiger charge is 2.19. The van der Waals surface area contributed by atoms with E-state index < -0.39 is 0 Å². The van der Waals surface area contributed by atoms with Crippen molar-refractivity contribution in [2.45, 2.75) is 45.6 Å². The first-order valence-corrected chi connectivity index (χ1v) is 8.40. The van der Waals surface area contributed by atoms with Gasteiger partial charge in [-0.2, -0.15) is 0 Å². The van der Waals surface area contributed by atoms with E-state index in [1.54, 1.807) is 0 Å². The van der Waals surface area contributed by atoms with Crippen LogP contribution in [0.5, 0.6) is 0 Å². The Hall–Kier alpha value is -0.220. The number of carbonyl (C=O) groups excluding carboxylic acids is 1. The number of ether oxygens (including phenoxy) is 2. The van der Waals surface area contributed by atoms with Crippen molar-refractivity contribution in [3.8, 4) is 0 Å².